The highest BCUT2D eigenvalue weighted by atomic mass is 16.5. The number of hydrogen-bond acceptors (Lipinski definition) is 1. The van der Waals surface area contributed by atoms with E-state index in [0.717, 1.165) is 17.1 Å². The monoisotopic (exact) mass is 658 g/mol. The lowest BCUT2D eigenvalue weighted by atomic mass is 9.61. The fourth-order valence-electron chi connectivity index (χ4n) is 9.88. The van der Waals surface area contributed by atoms with E-state index in [4.69, 9.17) is 4.74 Å². The Balaban J connectivity index is 1.06. The van der Waals surface area contributed by atoms with Gasteiger partial charge in [-0.1, -0.05) is 170 Å². The molecule has 1 heterocycles. The molecule has 3 aliphatic rings. The van der Waals surface area contributed by atoms with Gasteiger partial charge in [-0.2, -0.15) is 0 Å². The first-order valence-electron chi connectivity index (χ1n) is 18.1. The van der Waals surface area contributed by atoms with E-state index in [2.05, 4.69) is 176 Å². The largest absolute Gasteiger partial charge is 0.456 e. The van der Waals surface area contributed by atoms with E-state index >= 15 is 0 Å². The Bertz CT molecular complexity index is 2980. The van der Waals surface area contributed by atoms with E-state index < -0.39 is 5.41 Å². The van der Waals surface area contributed by atoms with Crippen molar-refractivity contribution in [2.45, 2.75) is 5.41 Å². The molecular weight excluding hydrogens is 629 g/mol. The number of rotatable bonds is 2. The molecule has 0 radical (unpaired) electrons. The fourth-order valence-corrected chi connectivity index (χ4v) is 9.88. The highest BCUT2D eigenvalue weighted by Gasteiger charge is 2.50. The standard InChI is InChI=1S/C51H30O/c1-4-20-42-36(13-1)39-17-7-11-33-12-8-22-44(48(33)39)51(42)43-21-5-2-15-41(43)49-35(16-10-23-45(49)51)32-27-25-31(26-28-32)34-29-30-47-50-38(34)18-9-19-40(50)37-14-3-6-24-46(37)52-47/h1-30H. The minimum Gasteiger partial charge on any atom is -0.456 e. The van der Waals surface area contributed by atoms with Crippen LogP contribution in [0.2, 0.25) is 0 Å². The second kappa shape index (κ2) is 10.2. The van der Waals surface area contributed by atoms with Crippen molar-refractivity contribution in [1.82, 2.24) is 0 Å². The summed E-state index contributed by atoms with van der Waals surface area (Å²) >= 11 is 0. The fraction of sp³-hybridized carbons (Fsp3) is 0.0196. The molecule has 1 spiro atoms. The van der Waals surface area contributed by atoms with Crippen LogP contribution in [-0.2, 0) is 5.41 Å². The first-order chi connectivity index (χ1) is 25.8. The molecule has 2 aliphatic carbocycles. The topological polar surface area (TPSA) is 9.23 Å². The van der Waals surface area contributed by atoms with Gasteiger partial charge in [0, 0.05) is 10.9 Å². The third kappa shape index (κ3) is 3.48. The second-order valence-electron chi connectivity index (χ2n) is 14.3. The maximum atomic E-state index is 6.40. The average molecular weight is 659 g/mol. The molecular formula is C51H30O. The van der Waals surface area contributed by atoms with Crippen LogP contribution in [0.15, 0.2) is 182 Å². The summed E-state index contributed by atoms with van der Waals surface area (Å²) in [6, 6.07) is 67.3. The van der Waals surface area contributed by atoms with Gasteiger partial charge in [0.1, 0.15) is 11.5 Å². The van der Waals surface area contributed by atoms with E-state index in [1.807, 2.05) is 6.07 Å². The Hall–Kier alpha value is -6.70. The molecule has 0 bridgehead atoms. The summed E-state index contributed by atoms with van der Waals surface area (Å²) in [6.45, 7) is 0. The molecule has 1 unspecified atom stereocenters. The zero-order valence-corrected chi connectivity index (χ0v) is 28.2. The molecule has 0 N–H and O–H groups in total. The van der Waals surface area contributed by atoms with Crippen LogP contribution in [0, 0.1) is 0 Å². The van der Waals surface area contributed by atoms with Crippen molar-refractivity contribution in [3.05, 3.63) is 204 Å². The quantitative estimate of drug-likeness (QED) is 0.180. The van der Waals surface area contributed by atoms with Crippen molar-refractivity contribution in [2.75, 3.05) is 0 Å². The number of fused-ring (bicyclic) bond motifs is 11. The van der Waals surface area contributed by atoms with Gasteiger partial charge in [0.25, 0.3) is 0 Å². The molecule has 1 aliphatic heterocycles. The van der Waals surface area contributed by atoms with Crippen LogP contribution in [0.4, 0.5) is 0 Å². The zero-order chi connectivity index (χ0) is 34.0. The Morgan fingerprint density at radius 2 is 0.865 bits per heavy atom. The van der Waals surface area contributed by atoms with Crippen LogP contribution in [0.5, 0.6) is 11.5 Å². The van der Waals surface area contributed by atoms with Crippen molar-refractivity contribution >= 4 is 21.5 Å². The summed E-state index contributed by atoms with van der Waals surface area (Å²) in [5.41, 5.74) is 17.6. The van der Waals surface area contributed by atoms with Gasteiger partial charge in [0.05, 0.1) is 5.41 Å². The SMILES string of the molecule is c1ccc2c(c1)Oc1ccc(-c3ccc(-c4cccc5c4-c4ccccc4C54c5ccccc5-c5cccc6cccc4c56)cc3)c3cccc-2c13. The number of para-hydroxylation sites is 1. The molecule has 9 aromatic carbocycles. The van der Waals surface area contributed by atoms with Crippen molar-refractivity contribution in [2.24, 2.45) is 0 Å². The van der Waals surface area contributed by atoms with Gasteiger partial charge in [-0.3, -0.25) is 0 Å². The summed E-state index contributed by atoms with van der Waals surface area (Å²) < 4.78 is 6.40. The first kappa shape index (κ1) is 28.0. The van der Waals surface area contributed by atoms with Crippen molar-refractivity contribution in [3.63, 3.8) is 0 Å². The molecule has 0 fully saturated rings. The molecule has 0 amide bonds. The molecule has 1 atom stereocenters. The molecule has 0 saturated carbocycles. The Morgan fingerprint density at radius 3 is 1.69 bits per heavy atom. The lowest BCUT2D eigenvalue weighted by Crippen LogP contribution is -2.31. The highest BCUT2D eigenvalue weighted by molar-refractivity contribution is 6.11. The van der Waals surface area contributed by atoms with Crippen molar-refractivity contribution < 1.29 is 4.74 Å². The second-order valence-corrected chi connectivity index (χ2v) is 14.3. The summed E-state index contributed by atoms with van der Waals surface area (Å²) in [7, 11) is 0. The van der Waals surface area contributed by atoms with Crippen LogP contribution < -0.4 is 4.74 Å². The van der Waals surface area contributed by atoms with Crippen LogP contribution in [0.25, 0.3) is 77.2 Å². The molecule has 1 nitrogen and oxygen atoms in total. The van der Waals surface area contributed by atoms with E-state index in [9.17, 15) is 0 Å². The predicted octanol–water partition coefficient (Wildman–Crippen LogP) is 13.4. The minimum absolute atomic E-state index is 0.420. The molecule has 0 aromatic heterocycles. The smallest absolute Gasteiger partial charge is 0.135 e. The molecule has 52 heavy (non-hydrogen) atoms. The van der Waals surface area contributed by atoms with Gasteiger partial charge in [0.2, 0.25) is 0 Å². The predicted molar refractivity (Wildman–Crippen MR) is 214 cm³/mol. The first-order valence-corrected chi connectivity index (χ1v) is 18.1. The molecule has 1 heteroatoms. The molecule has 240 valence electrons. The van der Waals surface area contributed by atoms with Crippen molar-refractivity contribution in [1.29, 1.82) is 0 Å². The molecule has 0 saturated heterocycles. The maximum Gasteiger partial charge on any atom is 0.135 e. The Labute approximate surface area is 302 Å². The average Bonchev–Trinajstić information content (AvgIpc) is 3.51. The summed E-state index contributed by atoms with van der Waals surface area (Å²) in [5, 5.41) is 5.03. The van der Waals surface area contributed by atoms with E-state index in [0.29, 0.717) is 0 Å². The van der Waals surface area contributed by atoms with Gasteiger partial charge in [-0.25, -0.2) is 0 Å². The van der Waals surface area contributed by atoms with E-state index in [1.54, 1.807) is 0 Å². The third-order valence-corrected chi connectivity index (χ3v) is 11.9. The van der Waals surface area contributed by atoms with Crippen LogP contribution in [-0.4, -0.2) is 0 Å². The third-order valence-electron chi connectivity index (χ3n) is 11.9. The number of hydrogen-bond donors (Lipinski definition) is 0. The lowest BCUT2D eigenvalue weighted by molar-refractivity contribution is 0.487. The summed E-state index contributed by atoms with van der Waals surface area (Å²) in [6.07, 6.45) is 0. The number of ether oxygens (including phenoxy) is 1. The zero-order valence-electron chi connectivity index (χ0n) is 28.2. The van der Waals surface area contributed by atoms with E-state index in [-0.39, 0.29) is 0 Å². The lowest BCUT2D eigenvalue weighted by Gasteiger charge is -2.40. The van der Waals surface area contributed by atoms with Crippen LogP contribution in [0.1, 0.15) is 22.3 Å². The van der Waals surface area contributed by atoms with Crippen LogP contribution in [0.3, 0.4) is 0 Å². The van der Waals surface area contributed by atoms with E-state index in [1.165, 1.54) is 93.9 Å². The van der Waals surface area contributed by atoms with Gasteiger partial charge in [0.15, 0.2) is 0 Å². The van der Waals surface area contributed by atoms with Gasteiger partial charge in [-0.15, -0.1) is 0 Å². The highest BCUT2D eigenvalue weighted by Crippen LogP contribution is 2.63. The summed E-state index contributed by atoms with van der Waals surface area (Å²) in [4.78, 5) is 0. The normalized spacial score (nSPS) is 15.5. The number of benzene rings is 9. The Kier molecular flexibility index (Phi) is 5.49. The molecule has 12 rings (SSSR count). The maximum absolute atomic E-state index is 6.40. The Morgan fingerprint density at radius 1 is 0.308 bits per heavy atom. The van der Waals surface area contributed by atoms with Gasteiger partial charge in [-0.05, 0) is 101 Å². The van der Waals surface area contributed by atoms with Gasteiger partial charge >= 0.3 is 0 Å². The molecule has 9 aromatic rings. The minimum atomic E-state index is -0.420. The van der Waals surface area contributed by atoms with Crippen molar-refractivity contribution in [3.8, 4) is 67.1 Å². The van der Waals surface area contributed by atoms with Crippen LogP contribution >= 0.6 is 0 Å². The summed E-state index contributed by atoms with van der Waals surface area (Å²) in [5.74, 6) is 1.83. The van der Waals surface area contributed by atoms with Gasteiger partial charge < -0.3 is 4.74 Å².